The number of nitrogens with zero attached hydrogens (tertiary/aromatic N) is 3. The Bertz CT molecular complexity index is 1320. The van der Waals surface area contributed by atoms with Gasteiger partial charge in [0.25, 0.3) is 5.91 Å². The molecule has 3 heterocycles. The van der Waals surface area contributed by atoms with Gasteiger partial charge < -0.3 is 4.42 Å². The Labute approximate surface area is 186 Å². The number of unbranched alkanes of at least 4 members (excludes halogenated alkanes) is 1. The van der Waals surface area contributed by atoms with Gasteiger partial charge in [-0.2, -0.15) is 0 Å². The van der Waals surface area contributed by atoms with E-state index in [-0.39, 0.29) is 17.1 Å². The Morgan fingerprint density at radius 3 is 2.65 bits per heavy atom. The van der Waals surface area contributed by atoms with Crippen molar-refractivity contribution in [2.75, 3.05) is 10.7 Å². The van der Waals surface area contributed by atoms with Crippen molar-refractivity contribution in [2.24, 2.45) is 0 Å². The van der Waals surface area contributed by atoms with Crippen LogP contribution in [0.3, 0.4) is 0 Å². The SMILES string of the molecule is CCCCSc1nnc(N2C(=O)c3oc4ccccc4c(=O)c3[C@H]2c2ccccc2)s1. The van der Waals surface area contributed by atoms with E-state index in [2.05, 4.69) is 17.1 Å². The number of rotatable bonds is 6. The highest BCUT2D eigenvalue weighted by atomic mass is 32.2. The van der Waals surface area contributed by atoms with Crippen molar-refractivity contribution >= 4 is 45.1 Å². The normalized spacial score (nSPS) is 15.6. The fraction of sp³-hybridized carbons (Fsp3) is 0.217. The third kappa shape index (κ3) is 3.45. The van der Waals surface area contributed by atoms with E-state index in [1.54, 1.807) is 40.9 Å². The van der Waals surface area contributed by atoms with Gasteiger partial charge in [0.15, 0.2) is 9.77 Å². The molecule has 0 saturated carbocycles. The summed E-state index contributed by atoms with van der Waals surface area (Å²) in [6.07, 6.45) is 2.20. The van der Waals surface area contributed by atoms with Gasteiger partial charge in [-0.15, -0.1) is 10.2 Å². The lowest BCUT2D eigenvalue weighted by Gasteiger charge is -2.21. The van der Waals surface area contributed by atoms with Crippen LogP contribution in [-0.4, -0.2) is 21.9 Å². The van der Waals surface area contributed by atoms with Crippen molar-refractivity contribution in [3.05, 3.63) is 81.7 Å². The van der Waals surface area contributed by atoms with Crippen LogP contribution in [0.1, 0.15) is 47.5 Å². The van der Waals surface area contributed by atoms with E-state index in [9.17, 15) is 9.59 Å². The smallest absolute Gasteiger partial charge is 0.297 e. The standard InChI is InChI=1S/C23H19N3O3S2/c1-2-3-13-30-23-25-24-22(31-23)26-18(14-9-5-4-6-10-14)17-19(27)15-11-7-8-12-16(15)29-20(17)21(26)28/h4-12,18H,2-3,13H2,1H3/t18-/m1/s1. The second kappa shape index (κ2) is 8.28. The Morgan fingerprint density at radius 1 is 1.06 bits per heavy atom. The number of thioether (sulfide) groups is 1. The van der Waals surface area contributed by atoms with Crippen LogP contribution < -0.4 is 10.3 Å². The lowest BCUT2D eigenvalue weighted by molar-refractivity contribution is 0.0970. The van der Waals surface area contributed by atoms with Crippen LogP contribution >= 0.6 is 23.1 Å². The highest BCUT2D eigenvalue weighted by molar-refractivity contribution is 8.01. The van der Waals surface area contributed by atoms with Gasteiger partial charge >= 0.3 is 0 Å². The second-order valence-electron chi connectivity index (χ2n) is 7.21. The van der Waals surface area contributed by atoms with E-state index >= 15 is 0 Å². The molecule has 5 rings (SSSR count). The first-order valence-corrected chi connectivity index (χ1v) is 11.9. The molecule has 0 N–H and O–H groups in total. The van der Waals surface area contributed by atoms with E-state index in [1.807, 2.05) is 30.3 Å². The third-order valence-electron chi connectivity index (χ3n) is 5.22. The topological polar surface area (TPSA) is 76.3 Å². The Kier molecular flexibility index (Phi) is 5.33. The van der Waals surface area contributed by atoms with Crippen molar-refractivity contribution in [3.63, 3.8) is 0 Å². The monoisotopic (exact) mass is 449 g/mol. The van der Waals surface area contributed by atoms with Gasteiger partial charge in [-0.1, -0.05) is 78.9 Å². The summed E-state index contributed by atoms with van der Waals surface area (Å²) in [5.41, 5.74) is 1.39. The number of carbonyl (C=O) groups excluding carboxylic acids is 1. The lowest BCUT2D eigenvalue weighted by atomic mass is 9.99. The molecule has 4 aromatic rings. The molecule has 0 fully saturated rings. The number of carbonyl (C=O) groups is 1. The molecule has 0 spiro atoms. The first-order chi connectivity index (χ1) is 15.2. The number of hydrogen-bond donors (Lipinski definition) is 0. The quantitative estimate of drug-likeness (QED) is 0.226. The van der Waals surface area contributed by atoms with Crippen molar-refractivity contribution in [1.82, 2.24) is 10.2 Å². The minimum Gasteiger partial charge on any atom is -0.450 e. The molecule has 2 aromatic carbocycles. The van der Waals surface area contributed by atoms with Crippen molar-refractivity contribution in [2.45, 2.75) is 30.1 Å². The van der Waals surface area contributed by atoms with Crippen LogP contribution in [0.2, 0.25) is 0 Å². The Morgan fingerprint density at radius 2 is 1.84 bits per heavy atom. The molecule has 0 aliphatic carbocycles. The number of anilines is 1. The largest absolute Gasteiger partial charge is 0.450 e. The van der Waals surface area contributed by atoms with Gasteiger partial charge in [0.1, 0.15) is 5.58 Å². The molecular formula is C23H19N3O3S2. The summed E-state index contributed by atoms with van der Waals surface area (Å²) >= 11 is 3.00. The molecule has 1 aliphatic rings. The van der Waals surface area contributed by atoms with Crippen LogP contribution in [0.5, 0.6) is 0 Å². The zero-order chi connectivity index (χ0) is 21.4. The third-order valence-corrected chi connectivity index (χ3v) is 7.36. The molecule has 1 atom stereocenters. The molecule has 8 heteroatoms. The molecule has 1 aliphatic heterocycles. The lowest BCUT2D eigenvalue weighted by Crippen LogP contribution is -2.29. The minimum atomic E-state index is -0.606. The number of aromatic nitrogens is 2. The molecule has 1 amide bonds. The van der Waals surface area contributed by atoms with Gasteiger partial charge in [-0.3, -0.25) is 14.5 Å². The number of benzene rings is 2. The van der Waals surface area contributed by atoms with Crippen LogP contribution in [0.15, 0.2) is 68.1 Å². The fourth-order valence-corrected chi connectivity index (χ4v) is 5.75. The van der Waals surface area contributed by atoms with Gasteiger partial charge in [-0.05, 0) is 24.1 Å². The van der Waals surface area contributed by atoms with E-state index in [1.165, 1.54) is 11.3 Å². The first-order valence-electron chi connectivity index (χ1n) is 10.1. The maximum Gasteiger partial charge on any atom is 0.297 e. The summed E-state index contributed by atoms with van der Waals surface area (Å²) in [6.45, 7) is 2.14. The summed E-state index contributed by atoms with van der Waals surface area (Å²) < 4.78 is 6.76. The molecule has 6 nitrogen and oxygen atoms in total. The van der Waals surface area contributed by atoms with Crippen molar-refractivity contribution in [3.8, 4) is 0 Å². The Hall–Kier alpha value is -2.97. The molecule has 31 heavy (non-hydrogen) atoms. The molecule has 2 aromatic heterocycles. The summed E-state index contributed by atoms with van der Waals surface area (Å²) in [6, 6.07) is 15.9. The van der Waals surface area contributed by atoms with Crippen LogP contribution in [0.25, 0.3) is 11.0 Å². The van der Waals surface area contributed by atoms with E-state index in [4.69, 9.17) is 4.42 Å². The summed E-state index contributed by atoms with van der Waals surface area (Å²) in [5.74, 6) is 0.660. The Balaban J connectivity index is 1.66. The predicted molar refractivity (Wildman–Crippen MR) is 123 cm³/mol. The van der Waals surface area contributed by atoms with Crippen LogP contribution in [0.4, 0.5) is 5.13 Å². The summed E-state index contributed by atoms with van der Waals surface area (Å²) in [7, 11) is 0. The molecule has 0 unspecified atom stereocenters. The molecular weight excluding hydrogens is 430 g/mol. The molecule has 0 radical (unpaired) electrons. The van der Waals surface area contributed by atoms with Gasteiger partial charge in [-0.25, -0.2) is 0 Å². The van der Waals surface area contributed by atoms with Crippen molar-refractivity contribution < 1.29 is 9.21 Å². The maximum atomic E-state index is 13.5. The average Bonchev–Trinajstić information content (AvgIpc) is 3.37. The average molecular weight is 450 g/mol. The van der Waals surface area contributed by atoms with E-state index < -0.39 is 6.04 Å². The predicted octanol–water partition coefficient (Wildman–Crippen LogP) is 5.29. The van der Waals surface area contributed by atoms with Gasteiger partial charge in [0, 0.05) is 5.75 Å². The molecule has 156 valence electrons. The minimum absolute atomic E-state index is 0.0768. The van der Waals surface area contributed by atoms with E-state index in [0.717, 1.165) is 28.5 Å². The van der Waals surface area contributed by atoms with Crippen molar-refractivity contribution in [1.29, 1.82) is 0 Å². The van der Waals surface area contributed by atoms with Gasteiger partial charge in [0.2, 0.25) is 10.9 Å². The highest BCUT2D eigenvalue weighted by Crippen LogP contribution is 2.43. The number of fused-ring (bicyclic) bond motifs is 2. The van der Waals surface area contributed by atoms with Crippen LogP contribution in [-0.2, 0) is 0 Å². The fourth-order valence-electron chi connectivity index (χ4n) is 3.73. The second-order valence-corrected chi connectivity index (χ2v) is 9.51. The number of amides is 1. The zero-order valence-corrected chi connectivity index (χ0v) is 18.4. The molecule has 0 saturated heterocycles. The number of hydrogen-bond acceptors (Lipinski definition) is 7. The number of para-hydroxylation sites is 1. The van der Waals surface area contributed by atoms with Crippen LogP contribution in [0, 0.1) is 0 Å². The van der Waals surface area contributed by atoms with E-state index in [0.29, 0.717) is 21.7 Å². The first kappa shape index (κ1) is 20.0. The highest BCUT2D eigenvalue weighted by Gasteiger charge is 2.45. The zero-order valence-electron chi connectivity index (χ0n) is 16.8. The summed E-state index contributed by atoms with van der Waals surface area (Å²) in [4.78, 5) is 28.4. The van der Waals surface area contributed by atoms with Gasteiger partial charge in [0.05, 0.1) is 17.0 Å². The molecule has 0 bridgehead atoms. The summed E-state index contributed by atoms with van der Waals surface area (Å²) in [5, 5.41) is 9.49. The maximum absolute atomic E-state index is 13.5.